The zero-order valence-corrected chi connectivity index (χ0v) is 19.4. The van der Waals surface area contributed by atoms with Crippen LogP contribution in [0.4, 0.5) is 5.69 Å². The fourth-order valence-electron chi connectivity index (χ4n) is 3.61. The molecule has 0 unspecified atom stereocenters. The Bertz CT molecular complexity index is 1270. The molecule has 32 heavy (non-hydrogen) atoms. The molecule has 0 radical (unpaired) electrons. The van der Waals surface area contributed by atoms with E-state index in [0.29, 0.717) is 35.9 Å². The van der Waals surface area contributed by atoms with Crippen molar-refractivity contribution in [3.05, 3.63) is 88.4 Å². The molecule has 0 aliphatic carbocycles. The van der Waals surface area contributed by atoms with E-state index >= 15 is 0 Å². The zero-order valence-electron chi connectivity index (χ0n) is 17.8. The number of sulfonamides is 1. The summed E-state index contributed by atoms with van der Waals surface area (Å²) in [5.41, 5.74) is 2.94. The third-order valence-corrected chi connectivity index (χ3v) is 7.58. The molecule has 0 fully saturated rings. The molecule has 6 nitrogen and oxygen atoms in total. The van der Waals surface area contributed by atoms with Crippen LogP contribution >= 0.6 is 11.6 Å². The van der Waals surface area contributed by atoms with E-state index in [-0.39, 0.29) is 10.8 Å². The number of carbonyl (C=O) groups excluding carboxylic acids is 1. The monoisotopic (exact) mass is 470 g/mol. The van der Waals surface area contributed by atoms with E-state index in [4.69, 9.17) is 16.3 Å². The lowest BCUT2D eigenvalue weighted by Gasteiger charge is -2.19. The van der Waals surface area contributed by atoms with E-state index in [0.717, 1.165) is 16.8 Å². The Morgan fingerprint density at radius 3 is 2.59 bits per heavy atom. The normalized spacial score (nSPS) is 13.3. The van der Waals surface area contributed by atoms with E-state index < -0.39 is 10.0 Å². The van der Waals surface area contributed by atoms with Crippen LogP contribution < -0.4 is 9.64 Å². The highest BCUT2D eigenvalue weighted by molar-refractivity contribution is 7.89. The maximum Gasteiger partial charge on any atom is 0.258 e. The number of anilines is 1. The van der Waals surface area contributed by atoms with Crippen LogP contribution in [0.25, 0.3) is 0 Å². The average molecular weight is 471 g/mol. The highest BCUT2D eigenvalue weighted by atomic mass is 35.5. The second kappa shape index (κ2) is 8.94. The van der Waals surface area contributed by atoms with Gasteiger partial charge in [0, 0.05) is 42.5 Å². The van der Waals surface area contributed by atoms with Crippen LogP contribution in [-0.4, -0.2) is 39.3 Å². The third kappa shape index (κ3) is 4.37. The van der Waals surface area contributed by atoms with E-state index in [1.807, 2.05) is 18.2 Å². The molecule has 0 spiro atoms. The molecule has 1 aliphatic rings. The molecule has 1 amide bonds. The number of hydrogen-bond acceptors (Lipinski definition) is 4. The van der Waals surface area contributed by atoms with Crippen molar-refractivity contribution in [3.63, 3.8) is 0 Å². The molecule has 0 saturated carbocycles. The number of hydrogen-bond donors (Lipinski definition) is 0. The molecular formula is C24H23ClN2O4S. The first-order chi connectivity index (χ1) is 15.3. The molecule has 3 aromatic rings. The highest BCUT2D eigenvalue weighted by Crippen LogP contribution is 2.32. The molecule has 4 rings (SSSR count). The minimum atomic E-state index is -3.52. The van der Waals surface area contributed by atoms with Crippen molar-refractivity contribution in [2.45, 2.75) is 17.9 Å². The first-order valence-electron chi connectivity index (χ1n) is 10.1. The van der Waals surface area contributed by atoms with Crippen molar-refractivity contribution >= 4 is 33.2 Å². The molecule has 1 heterocycles. The smallest absolute Gasteiger partial charge is 0.258 e. The largest absolute Gasteiger partial charge is 0.489 e. The Kier molecular flexibility index (Phi) is 6.24. The number of amides is 1. The third-order valence-electron chi connectivity index (χ3n) is 5.40. The van der Waals surface area contributed by atoms with Crippen molar-refractivity contribution in [2.24, 2.45) is 0 Å². The minimum Gasteiger partial charge on any atom is -0.489 e. The summed E-state index contributed by atoms with van der Waals surface area (Å²) in [5, 5.41) is 0.629. The molecule has 166 valence electrons. The average Bonchev–Trinajstić information content (AvgIpc) is 3.21. The van der Waals surface area contributed by atoms with Gasteiger partial charge in [0.2, 0.25) is 10.0 Å². The molecule has 0 aromatic heterocycles. The Labute approximate surface area is 193 Å². The first kappa shape index (κ1) is 22.3. The Hall–Kier alpha value is -2.87. The maximum absolute atomic E-state index is 13.2. The van der Waals surface area contributed by atoms with Gasteiger partial charge in [0.25, 0.3) is 5.91 Å². The van der Waals surface area contributed by atoms with Gasteiger partial charge in [-0.1, -0.05) is 35.9 Å². The molecule has 0 N–H and O–H groups in total. The summed E-state index contributed by atoms with van der Waals surface area (Å²) in [6.45, 7) is 0.789. The molecular weight excluding hydrogens is 448 g/mol. The van der Waals surface area contributed by atoms with Crippen molar-refractivity contribution in [1.29, 1.82) is 0 Å². The predicted molar refractivity (Wildman–Crippen MR) is 125 cm³/mol. The lowest BCUT2D eigenvalue weighted by atomic mass is 10.1. The van der Waals surface area contributed by atoms with Crippen molar-refractivity contribution in [1.82, 2.24) is 4.31 Å². The summed E-state index contributed by atoms with van der Waals surface area (Å²) in [6, 6.07) is 19.4. The van der Waals surface area contributed by atoms with Gasteiger partial charge in [0.05, 0.1) is 4.90 Å². The molecule has 8 heteroatoms. The molecule has 0 saturated heterocycles. The minimum absolute atomic E-state index is 0.157. The summed E-state index contributed by atoms with van der Waals surface area (Å²) in [7, 11) is -0.524. The lowest BCUT2D eigenvalue weighted by molar-refractivity contribution is 0.0989. The van der Waals surface area contributed by atoms with Gasteiger partial charge >= 0.3 is 0 Å². The van der Waals surface area contributed by atoms with E-state index in [9.17, 15) is 13.2 Å². The van der Waals surface area contributed by atoms with Gasteiger partial charge in [0.1, 0.15) is 12.4 Å². The summed E-state index contributed by atoms with van der Waals surface area (Å²) < 4.78 is 31.9. The van der Waals surface area contributed by atoms with Gasteiger partial charge in [-0.2, -0.15) is 0 Å². The number of carbonyl (C=O) groups is 1. The van der Waals surface area contributed by atoms with Gasteiger partial charge in [0.15, 0.2) is 0 Å². The molecule has 0 atom stereocenters. The highest BCUT2D eigenvalue weighted by Gasteiger charge is 2.28. The van der Waals surface area contributed by atoms with Crippen LogP contribution in [0.3, 0.4) is 0 Å². The number of halogens is 1. The Balaban J connectivity index is 1.53. The number of ether oxygens (including phenoxy) is 1. The van der Waals surface area contributed by atoms with Gasteiger partial charge in [-0.05, 0) is 54.4 Å². The molecule has 1 aliphatic heterocycles. The van der Waals surface area contributed by atoms with Gasteiger partial charge < -0.3 is 9.64 Å². The number of nitrogens with zero attached hydrogens (tertiary/aromatic N) is 2. The van der Waals surface area contributed by atoms with Crippen LogP contribution in [0.15, 0.2) is 71.6 Å². The summed E-state index contributed by atoms with van der Waals surface area (Å²) in [4.78, 5) is 15.1. The Morgan fingerprint density at radius 2 is 1.84 bits per heavy atom. The summed E-state index contributed by atoms with van der Waals surface area (Å²) in [5.74, 6) is 0.415. The standard InChI is InChI=1S/C24H23ClN2O4S/c1-26(2)32(29,30)21-10-11-23-17(15-21)12-13-27(23)24(28)18-7-5-8-20(14-18)31-16-19-6-3-4-9-22(19)25/h3-11,14-15H,12-13,16H2,1-2H3. The maximum atomic E-state index is 13.2. The predicted octanol–water partition coefficient (Wildman–Crippen LogP) is 4.37. The summed E-state index contributed by atoms with van der Waals surface area (Å²) in [6.07, 6.45) is 0.598. The zero-order chi connectivity index (χ0) is 22.9. The second-order valence-corrected chi connectivity index (χ2v) is 10.3. The molecule has 3 aromatic carbocycles. The van der Waals surface area contributed by atoms with Gasteiger partial charge in [-0.3, -0.25) is 4.79 Å². The number of fused-ring (bicyclic) bond motifs is 1. The van der Waals surface area contributed by atoms with Crippen LogP contribution in [0, 0.1) is 0 Å². The topological polar surface area (TPSA) is 66.9 Å². The second-order valence-electron chi connectivity index (χ2n) is 7.69. The van der Waals surface area contributed by atoms with E-state index in [2.05, 4.69) is 0 Å². The first-order valence-corrected chi connectivity index (χ1v) is 11.9. The lowest BCUT2D eigenvalue weighted by Crippen LogP contribution is -2.28. The van der Waals surface area contributed by atoms with Crippen LogP contribution in [0.2, 0.25) is 5.02 Å². The van der Waals surface area contributed by atoms with Crippen molar-refractivity contribution in [3.8, 4) is 5.75 Å². The van der Waals surface area contributed by atoms with Gasteiger partial charge in [-0.25, -0.2) is 12.7 Å². The molecule has 0 bridgehead atoms. The fraction of sp³-hybridized carbons (Fsp3) is 0.208. The fourth-order valence-corrected chi connectivity index (χ4v) is 4.75. The van der Waals surface area contributed by atoms with Crippen LogP contribution in [0.5, 0.6) is 5.75 Å². The van der Waals surface area contributed by atoms with Crippen molar-refractivity contribution < 1.29 is 17.9 Å². The van der Waals surface area contributed by atoms with Crippen LogP contribution in [0.1, 0.15) is 21.5 Å². The Morgan fingerprint density at radius 1 is 1.06 bits per heavy atom. The summed E-state index contributed by atoms with van der Waals surface area (Å²) >= 11 is 6.18. The number of benzene rings is 3. The van der Waals surface area contributed by atoms with Crippen molar-refractivity contribution in [2.75, 3.05) is 25.5 Å². The quantitative estimate of drug-likeness (QED) is 0.536. The number of rotatable bonds is 6. The van der Waals surface area contributed by atoms with Crippen LogP contribution in [-0.2, 0) is 23.1 Å². The van der Waals surface area contributed by atoms with Gasteiger partial charge in [-0.15, -0.1) is 0 Å². The van der Waals surface area contributed by atoms with E-state index in [1.165, 1.54) is 18.4 Å². The van der Waals surface area contributed by atoms with E-state index in [1.54, 1.807) is 53.4 Å². The SMILES string of the molecule is CN(C)S(=O)(=O)c1ccc2c(c1)CCN2C(=O)c1cccc(OCc2ccccc2Cl)c1.